The number of carboxylic acids is 1. The molecule has 6 nitrogen and oxygen atoms in total. The molecular formula is C13H13N3O3S. The Morgan fingerprint density at radius 1 is 1.45 bits per heavy atom. The second-order valence-corrected chi connectivity index (χ2v) is 5.23. The molecule has 0 aliphatic rings. The molecule has 0 spiro atoms. The van der Waals surface area contributed by atoms with Crippen LogP contribution in [0.4, 0.5) is 0 Å². The predicted molar refractivity (Wildman–Crippen MR) is 75.4 cm³/mol. The molecular weight excluding hydrogens is 278 g/mol. The number of aromatic nitrogens is 2. The third-order valence-electron chi connectivity index (χ3n) is 2.44. The fourth-order valence-electron chi connectivity index (χ4n) is 1.53. The highest BCUT2D eigenvalue weighted by Crippen LogP contribution is 2.17. The van der Waals surface area contributed by atoms with Crippen molar-refractivity contribution < 1.29 is 14.7 Å². The van der Waals surface area contributed by atoms with Gasteiger partial charge in [0.15, 0.2) is 0 Å². The molecule has 2 N–H and O–H groups in total. The minimum atomic E-state index is -0.983. The maximum Gasteiger partial charge on any atom is 0.328 e. The third kappa shape index (κ3) is 3.79. The highest BCUT2D eigenvalue weighted by molar-refractivity contribution is 7.12. The number of aliphatic carboxylic acids is 1. The van der Waals surface area contributed by atoms with Gasteiger partial charge in [0.2, 0.25) is 0 Å². The summed E-state index contributed by atoms with van der Waals surface area (Å²) < 4.78 is 1.56. The third-order valence-corrected chi connectivity index (χ3v) is 3.49. The Kier molecular flexibility index (Phi) is 4.31. The van der Waals surface area contributed by atoms with E-state index in [1.54, 1.807) is 24.0 Å². The van der Waals surface area contributed by atoms with Gasteiger partial charge in [0.05, 0.1) is 6.54 Å². The van der Waals surface area contributed by atoms with Crippen molar-refractivity contribution in [1.82, 2.24) is 15.1 Å². The van der Waals surface area contributed by atoms with E-state index in [0.717, 1.165) is 15.8 Å². The first-order valence-electron chi connectivity index (χ1n) is 5.82. The van der Waals surface area contributed by atoms with Gasteiger partial charge in [0, 0.05) is 29.1 Å². The number of nitrogens with one attached hydrogen (secondary N) is 1. The van der Waals surface area contributed by atoms with E-state index in [4.69, 9.17) is 5.11 Å². The summed E-state index contributed by atoms with van der Waals surface area (Å²) in [5.41, 5.74) is 0.370. The summed E-state index contributed by atoms with van der Waals surface area (Å²) in [5, 5.41) is 15.3. The highest BCUT2D eigenvalue weighted by Gasteiger charge is 2.08. The Bertz CT molecular complexity index is 657. The van der Waals surface area contributed by atoms with E-state index >= 15 is 0 Å². The Balaban J connectivity index is 1.91. The van der Waals surface area contributed by atoms with Crippen LogP contribution in [-0.4, -0.2) is 26.8 Å². The standard InChI is InChI=1S/C13H13N3O3S/c1-16-7-6-11(15-16)13(19)14-8-10-3-2-9(20-10)4-5-12(17)18/h2-7H,8H2,1H3,(H,14,19)(H,17,18)/b5-4+. The lowest BCUT2D eigenvalue weighted by Gasteiger charge is -2.00. The Morgan fingerprint density at radius 3 is 2.90 bits per heavy atom. The topological polar surface area (TPSA) is 84.2 Å². The van der Waals surface area contributed by atoms with Gasteiger partial charge in [-0.1, -0.05) is 0 Å². The number of carboxylic acid groups (broad SMARTS) is 1. The molecule has 0 fully saturated rings. The van der Waals surface area contributed by atoms with Gasteiger partial charge in [-0.25, -0.2) is 4.79 Å². The van der Waals surface area contributed by atoms with Crippen LogP contribution in [0.2, 0.25) is 0 Å². The molecule has 2 aromatic rings. The lowest BCUT2D eigenvalue weighted by atomic mass is 10.3. The summed E-state index contributed by atoms with van der Waals surface area (Å²) in [6, 6.07) is 5.31. The van der Waals surface area contributed by atoms with Crippen molar-refractivity contribution in [3.05, 3.63) is 45.9 Å². The molecule has 1 amide bonds. The lowest BCUT2D eigenvalue weighted by molar-refractivity contribution is -0.131. The van der Waals surface area contributed by atoms with Crippen LogP contribution in [0.1, 0.15) is 20.2 Å². The van der Waals surface area contributed by atoms with Crippen LogP contribution in [0.3, 0.4) is 0 Å². The molecule has 0 unspecified atom stereocenters. The van der Waals surface area contributed by atoms with Crippen LogP contribution in [-0.2, 0) is 18.4 Å². The first-order valence-corrected chi connectivity index (χ1v) is 6.64. The van der Waals surface area contributed by atoms with Crippen molar-refractivity contribution in [3.8, 4) is 0 Å². The lowest BCUT2D eigenvalue weighted by Crippen LogP contribution is -2.22. The largest absolute Gasteiger partial charge is 0.478 e. The summed E-state index contributed by atoms with van der Waals surface area (Å²) in [4.78, 5) is 24.0. The summed E-state index contributed by atoms with van der Waals surface area (Å²) in [5.74, 6) is -1.22. The number of rotatable bonds is 5. The van der Waals surface area contributed by atoms with E-state index in [9.17, 15) is 9.59 Å². The van der Waals surface area contributed by atoms with E-state index in [0.29, 0.717) is 12.2 Å². The van der Waals surface area contributed by atoms with Crippen molar-refractivity contribution in [2.24, 2.45) is 7.05 Å². The van der Waals surface area contributed by atoms with Gasteiger partial charge in [0.1, 0.15) is 5.69 Å². The van der Waals surface area contributed by atoms with E-state index in [1.165, 1.54) is 17.4 Å². The molecule has 0 aromatic carbocycles. The van der Waals surface area contributed by atoms with Crippen molar-refractivity contribution in [3.63, 3.8) is 0 Å². The second-order valence-electron chi connectivity index (χ2n) is 4.03. The van der Waals surface area contributed by atoms with Crippen molar-refractivity contribution in [2.45, 2.75) is 6.54 Å². The molecule has 0 radical (unpaired) electrons. The van der Waals surface area contributed by atoms with Gasteiger partial charge in [0.25, 0.3) is 5.91 Å². The Hall–Kier alpha value is -2.41. The Labute approximate surface area is 119 Å². The van der Waals surface area contributed by atoms with Gasteiger partial charge in [-0.05, 0) is 24.3 Å². The number of hydrogen-bond acceptors (Lipinski definition) is 4. The van der Waals surface area contributed by atoms with Crippen LogP contribution in [0, 0.1) is 0 Å². The van der Waals surface area contributed by atoms with Crippen LogP contribution < -0.4 is 5.32 Å². The molecule has 0 bridgehead atoms. The highest BCUT2D eigenvalue weighted by atomic mass is 32.1. The molecule has 0 saturated carbocycles. The zero-order valence-electron chi connectivity index (χ0n) is 10.7. The van der Waals surface area contributed by atoms with Crippen molar-refractivity contribution in [1.29, 1.82) is 0 Å². The summed E-state index contributed by atoms with van der Waals surface area (Å²) in [6.45, 7) is 0.390. The first-order chi connectivity index (χ1) is 9.54. The molecule has 0 aliphatic carbocycles. The molecule has 0 aliphatic heterocycles. The SMILES string of the molecule is Cn1ccc(C(=O)NCc2ccc(/C=C/C(=O)O)s2)n1. The predicted octanol–water partition coefficient (Wildman–Crippen LogP) is 1.51. The van der Waals surface area contributed by atoms with Crippen LogP contribution >= 0.6 is 11.3 Å². The minimum absolute atomic E-state index is 0.235. The number of hydrogen-bond donors (Lipinski definition) is 2. The molecule has 7 heteroatoms. The molecule has 2 aromatic heterocycles. The van der Waals surface area contributed by atoms with E-state index in [-0.39, 0.29) is 5.91 Å². The molecule has 0 atom stereocenters. The van der Waals surface area contributed by atoms with E-state index in [1.807, 2.05) is 12.1 Å². The van der Waals surface area contributed by atoms with Gasteiger partial charge in [-0.15, -0.1) is 11.3 Å². The van der Waals surface area contributed by atoms with Crippen molar-refractivity contribution in [2.75, 3.05) is 0 Å². The molecule has 20 heavy (non-hydrogen) atoms. The number of aryl methyl sites for hydroxylation is 1. The number of carbonyl (C=O) groups excluding carboxylic acids is 1. The average Bonchev–Trinajstić information content (AvgIpc) is 3.02. The number of amides is 1. The molecule has 2 heterocycles. The minimum Gasteiger partial charge on any atom is -0.478 e. The van der Waals surface area contributed by atoms with Crippen LogP contribution in [0.25, 0.3) is 6.08 Å². The maximum absolute atomic E-state index is 11.8. The normalized spacial score (nSPS) is 10.8. The smallest absolute Gasteiger partial charge is 0.328 e. The average molecular weight is 291 g/mol. The quantitative estimate of drug-likeness (QED) is 0.818. The zero-order valence-corrected chi connectivity index (χ0v) is 11.6. The fourth-order valence-corrected chi connectivity index (χ4v) is 2.38. The number of carbonyl (C=O) groups is 2. The van der Waals surface area contributed by atoms with Gasteiger partial charge < -0.3 is 10.4 Å². The van der Waals surface area contributed by atoms with E-state index < -0.39 is 5.97 Å². The van der Waals surface area contributed by atoms with Gasteiger partial charge >= 0.3 is 5.97 Å². The monoisotopic (exact) mass is 291 g/mol. The fraction of sp³-hybridized carbons (Fsp3) is 0.154. The Morgan fingerprint density at radius 2 is 2.25 bits per heavy atom. The van der Waals surface area contributed by atoms with Crippen LogP contribution in [0.5, 0.6) is 0 Å². The molecule has 104 valence electrons. The molecule has 0 saturated heterocycles. The van der Waals surface area contributed by atoms with Gasteiger partial charge in [-0.2, -0.15) is 5.10 Å². The maximum atomic E-state index is 11.8. The summed E-state index contributed by atoms with van der Waals surface area (Å²) in [6.07, 6.45) is 4.31. The van der Waals surface area contributed by atoms with Gasteiger partial charge in [-0.3, -0.25) is 9.48 Å². The summed E-state index contributed by atoms with van der Waals surface area (Å²) >= 11 is 1.43. The first kappa shape index (κ1) is 14.0. The second kappa shape index (κ2) is 6.16. The van der Waals surface area contributed by atoms with Crippen molar-refractivity contribution >= 4 is 29.3 Å². The summed E-state index contributed by atoms with van der Waals surface area (Å²) in [7, 11) is 1.75. The number of nitrogens with zero attached hydrogens (tertiary/aromatic N) is 2. The number of thiophene rings is 1. The zero-order chi connectivity index (χ0) is 14.5. The molecule has 2 rings (SSSR count). The van der Waals surface area contributed by atoms with E-state index in [2.05, 4.69) is 10.4 Å². The van der Waals surface area contributed by atoms with Crippen LogP contribution in [0.15, 0.2) is 30.5 Å².